The number of aryl methyl sites for hydroxylation is 1. The molecule has 3 aromatic heterocycles. The fraction of sp³-hybridized carbons (Fsp3) is 0.435. The number of aromatic hydroxyl groups is 1. The number of nitrogens with two attached hydrogens (primary N) is 1. The smallest absolute Gasteiger partial charge is 0.328 e. The van der Waals surface area contributed by atoms with Crippen molar-refractivity contribution in [2.24, 2.45) is 5.92 Å². The second-order valence-electron chi connectivity index (χ2n) is 17.0. The lowest BCUT2D eigenvalue weighted by Gasteiger charge is -2.39. The van der Waals surface area contributed by atoms with E-state index in [-0.39, 0.29) is 36.2 Å². The minimum Gasteiger partial charge on any atom is -0.507 e. The number of hydrogen-bond donors (Lipinski definition) is 3. The molecule has 0 unspecified atom stereocenters. The van der Waals surface area contributed by atoms with E-state index in [1.165, 1.54) is 0 Å². The van der Waals surface area contributed by atoms with Crippen molar-refractivity contribution in [2.45, 2.75) is 70.6 Å². The molecule has 0 spiro atoms. The molecule has 6 heterocycles. The van der Waals surface area contributed by atoms with E-state index in [1.807, 2.05) is 53.4 Å². The number of urea groups is 1. The van der Waals surface area contributed by atoms with Gasteiger partial charge in [0.15, 0.2) is 5.82 Å². The van der Waals surface area contributed by atoms with Crippen molar-refractivity contribution < 1.29 is 24.2 Å². The molecule has 15 nitrogen and oxygen atoms in total. The van der Waals surface area contributed by atoms with E-state index in [9.17, 15) is 19.5 Å². The molecule has 1 saturated carbocycles. The van der Waals surface area contributed by atoms with E-state index in [0.717, 1.165) is 79.6 Å². The lowest BCUT2D eigenvalue weighted by atomic mass is 9.85. The minimum absolute atomic E-state index is 0.0312. The summed E-state index contributed by atoms with van der Waals surface area (Å²) in [5.74, 6) is 0.879. The molecule has 61 heavy (non-hydrogen) atoms. The first-order chi connectivity index (χ1) is 29.6. The number of nitrogens with one attached hydrogen (secondary N) is 1. The Bertz CT molecular complexity index is 2420. The Balaban J connectivity index is 0.769. The molecule has 4 aliphatic rings. The first-order valence-electron chi connectivity index (χ1n) is 21.6. The molecule has 2 atom stereocenters. The highest BCUT2D eigenvalue weighted by molar-refractivity contribution is 6.06. The Morgan fingerprint density at radius 2 is 1.72 bits per heavy atom. The van der Waals surface area contributed by atoms with Crippen LogP contribution in [-0.2, 0) is 9.53 Å². The number of nitrogens with zero attached hydrogens (tertiary/aromatic N) is 8. The average Bonchev–Trinajstić information content (AvgIpc) is 3.62. The number of morpholine rings is 1. The van der Waals surface area contributed by atoms with Crippen LogP contribution in [0.25, 0.3) is 22.3 Å². The van der Waals surface area contributed by atoms with Gasteiger partial charge in [0.25, 0.3) is 5.91 Å². The summed E-state index contributed by atoms with van der Waals surface area (Å²) in [6.45, 7) is 9.93. The number of aromatic nitrogens is 4. The highest BCUT2D eigenvalue weighted by Crippen LogP contribution is 2.38. The number of fused-ring (bicyclic) bond motifs is 1. The highest BCUT2D eigenvalue weighted by atomic mass is 16.5. The third-order valence-electron chi connectivity index (χ3n) is 13.1. The lowest BCUT2D eigenvalue weighted by Crippen LogP contribution is -2.50. The van der Waals surface area contributed by atoms with E-state index in [1.54, 1.807) is 23.2 Å². The Labute approximate surface area is 355 Å². The van der Waals surface area contributed by atoms with Gasteiger partial charge in [-0.2, -0.15) is 0 Å². The van der Waals surface area contributed by atoms with Gasteiger partial charge in [-0.05, 0) is 92.5 Å². The molecule has 15 heteroatoms. The van der Waals surface area contributed by atoms with Crippen molar-refractivity contribution in [1.82, 2.24) is 34.9 Å². The van der Waals surface area contributed by atoms with Gasteiger partial charge < -0.3 is 29.9 Å². The zero-order valence-electron chi connectivity index (χ0n) is 34.9. The molecule has 2 aromatic carbocycles. The number of benzene rings is 2. The molecule has 5 aromatic rings. The lowest BCUT2D eigenvalue weighted by molar-refractivity contribution is -0.120. The molecule has 4 fully saturated rings. The summed E-state index contributed by atoms with van der Waals surface area (Å²) in [6, 6.07) is 18.8. The largest absolute Gasteiger partial charge is 0.507 e. The summed E-state index contributed by atoms with van der Waals surface area (Å²) in [5, 5.41) is 22.4. The maximum atomic E-state index is 13.7. The van der Waals surface area contributed by atoms with Crippen molar-refractivity contribution >= 4 is 46.1 Å². The average molecular weight is 827 g/mol. The van der Waals surface area contributed by atoms with Gasteiger partial charge in [0.05, 0.1) is 29.4 Å². The molecule has 4 N–H and O–H groups in total. The molecular formula is C46H54N10O5. The number of amides is 4. The fourth-order valence-corrected chi connectivity index (χ4v) is 9.56. The maximum absolute atomic E-state index is 13.7. The topological polar surface area (TPSA) is 175 Å². The molecule has 9 rings (SSSR count). The number of ether oxygens (including phenoxy) is 1. The number of piperazine rings is 1. The van der Waals surface area contributed by atoms with Crippen LogP contribution in [-0.4, -0.2) is 111 Å². The number of phenolic OH excluding ortho intramolecular Hbond substituents is 1. The van der Waals surface area contributed by atoms with Crippen LogP contribution in [0, 0.1) is 12.8 Å². The van der Waals surface area contributed by atoms with Crippen LogP contribution in [0.4, 0.5) is 22.0 Å². The standard InChI is InChI=1S/C46H54N10O5/c1-3-35-27-54(39-23-38(50-51-43(39)47)36-6-4-5-7-40(36)57)28-41(61-35)31-10-12-32(13-11-31)45(59)53-20-18-52(19-21-53)26-30-8-14-33(15-9-30)56-25-29(2)37-22-34(24-48-44(37)56)55-17-16-42(58)49-46(55)60/h4-7,10-13,22-25,30,33,35,41,57H,3,8-9,14-21,26-28H2,1-2H3,(H2,47,51)(H,49,58,60)/t30?,33?,35-,41-/m0/s1. The van der Waals surface area contributed by atoms with E-state index >= 15 is 0 Å². The van der Waals surface area contributed by atoms with Crippen LogP contribution in [0.3, 0.4) is 0 Å². The van der Waals surface area contributed by atoms with Crippen LogP contribution in [0.2, 0.25) is 0 Å². The van der Waals surface area contributed by atoms with E-state index in [0.29, 0.717) is 73.0 Å². The number of para-hydroxylation sites is 1. The first-order valence-corrected chi connectivity index (χ1v) is 21.6. The quantitative estimate of drug-likeness (QED) is 0.157. The van der Waals surface area contributed by atoms with Gasteiger partial charge in [-0.1, -0.05) is 31.2 Å². The Kier molecular flexibility index (Phi) is 11.3. The van der Waals surface area contributed by atoms with Gasteiger partial charge in [-0.15, -0.1) is 10.2 Å². The van der Waals surface area contributed by atoms with Crippen molar-refractivity contribution in [2.75, 3.05) is 67.9 Å². The fourth-order valence-electron chi connectivity index (χ4n) is 9.56. The number of phenols is 1. The zero-order chi connectivity index (χ0) is 42.2. The SMILES string of the molecule is CC[C@H]1CN(c2cc(-c3ccccc3O)nnc2N)C[C@@H](c2ccc(C(=O)N3CCN(CC4CCC(n5cc(C)c6cc(N7CCC(=O)NC7=O)cnc65)CC4)CC3)cc2)O1. The van der Waals surface area contributed by atoms with Crippen molar-refractivity contribution in [1.29, 1.82) is 0 Å². The molecule has 3 saturated heterocycles. The number of hydrogen-bond acceptors (Lipinski definition) is 11. The molecule has 0 bridgehead atoms. The van der Waals surface area contributed by atoms with E-state index in [2.05, 4.69) is 49.9 Å². The summed E-state index contributed by atoms with van der Waals surface area (Å²) in [4.78, 5) is 50.9. The maximum Gasteiger partial charge on any atom is 0.328 e. The van der Waals surface area contributed by atoms with Crippen molar-refractivity contribution in [3.63, 3.8) is 0 Å². The zero-order valence-corrected chi connectivity index (χ0v) is 34.9. The van der Waals surface area contributed by atoms with Gasteiger partial charge in [-0.3, -0.25) is 24.7 Å². The predicted molar refractivity (Wildman–Crippen MR) is 233 cm³/mol. The molecule has 1 aliphatic carbocycles. The predicted octanol–water partition coefficient (Wildman–Crippen LogP) is 6.08. The monoisotopic (exact) mass is 826 g/mol. The van der Waals surface area contributed by atoms with Crippen LogP contribution < -0.4 is 20.9 Å². The number of carbonyl (C=O) groups excluding carboxylic acids is 3. The summed E-state index contributed by atoms with van der Waals surface area (Å²) in [5.41, 5.74) is 12.7. The molecule has 0 radical (unpaired) electrons. The Hall–Kier alpha value is -6.06. The molecule has 4 amide bonds. The minimum atomic E-state index is -0.398. The normalized spacial score (nSPS) is 22.8. The first kappa shape index (κ1) is 40.4. The van der Waals surface area contributed by atoms with Gasteiger partial charge in [0, 0.05) is 87.5 Å². The van der Waals surface area contributed by atoms with Gasteiger partial charge in [0.1, 0.15) is 17.5 Å². The molecular weight excluding hydrogens is 773 g/mol. The third-order valence-corrected chi connectivity index (χ3v) is 13.1. The summed E-state index contributed by atoms with van der Waals surface area (Å²) in [6.07, 6.45) is 9.23. The number of carbonyl (C=O) groups is 3. The highest BCUT2D eigenvalue weighted by Gasteiger charge is 2.32. The van der Waals surface area contributed by atoms with Crippen molar-refractivity contribution in [3.8, 4) is 17.0 Å². The van der Waals surface area contributed by atoms with Crippen LogP contribution in [0.15, 0.2) is 73.1 Å². The Morgan fingerprint density at radius 1 is 0.951 bits per heavy atom. The second kappa shape index (κ2) is 17.1. The summed E-state index contributed by atoms with van der Waals surface area (Å²) in [7, 11) is 0. The van der Waals surface area contributed by atoms with Gasteiger partial charge in [0.2, 0.25) is 5.91 Å². The number of nitrogen functional groups attached to an aromatic ring is 1. The summed E-state index contributed by atoms with van der Waals surface area (Å²) < 4.78 is 8.85. The van der Waals surface area contributed by atoms with Crippen LogP contribution in [0.1, 0.15) is 79.1 Å². The van der Waals surface area contributed by atoms with E-state index < -0.39 is 6.03 Å². The van der Waals surface area contributed by atoms with Crippen LogP contribution >= 0.6 is 0 Å². The number of imide groups is 1. The Morgan fingerprint density at radius 3 is 2.46 bits per heavy atom. The number of rotatable bonds is 9. The van der Waals surface area contributed by atoms with Gasteiger partial charge >= 0.3 is 6.03 Å². The third kappa shape index (κ3) is 8.36. The van der Waals surface area contributed by atoms with E-state index in [4.69, 9.17) is 15.5 Å². The molecule has 3 aliphatic heterocycles. The molecule has 318 valence electrons. The van der Waals surface area contributed by atoms with Gasteiger partial charge in [-0.25, -0.2) is 9.78 Å². The van der Waals surface area contributed by atoms with Crippen molar-refractivity contribution in [3.05, 3.63) is 89.7 Å². The second-order valence-corrected chi connectivity index (χ2v) is 17.0. The van der Waals surface area contributed by atoms with Crippen LogP contribution in [0.5, 0.6) is 5.75 Å². The number of anilines is 3. The number of pyridine rings is 1. The summed E-state index contributed by atoms with van der Waals surface area (Å²) >= 11 is 0.